The molecule has 0 unspecified atom stereocenters. The number of benzene rings is 1. The molecule has 6 nitrogen and oxygen atoms in total. The van der Waals surface area contributed by atoms with Crippen LogP contribution >= 0.6 is 11.6 Å². The van der Waals surface area contributed by atoms with Gasteiger partial charge < -0.3 is 20.4 Å². The van der Waals surface area contributed by atoms with Crippen molar-refractivity contribution in [1.82, 2.24) is 10.3 Å². The number of hydrogen-bond donors (Lipinski definition) is 3. The van der Waals surface area contributed by atoms with Gasteiger partial charge in [0.25, 0.3) is 5.91 Å². The number of piperidine rings is 1. The Morgan fingerprint density at radius 2 is 2.03 bits per heavy atom. The van der Waals surface area contributed by atoms with Crippen molar-refractivity contribution in [3.05, 3.63) is 34.9 Å². The van der Waals surface area contributed by atoms with Crippen molar-refractivity contribution in [2.45, 2.75) is 57.2 Å². The molecule has 1 amide bonds. The highest BCUT2D eigenvalue weighted by Crippen LogP contribution is 2.32. The van der Waals surface area contributed by atoms with E-state index in [1.807, 2.05) is 18.2 Å². The van der Waals surface area contributed by atoms with Gasteiger partial charge in [0, 0.05) is 25.0 Å². The first-order chi connectivity index (χ1) is 14.3. The van der Waals surface area contributed by atoms with Crippen molar-refractivity contribution in [3.63, 3.8) is 0 Å². The maximum atomic E-state index is 13.0. The van der Waals surface area contributed by atoms with Gasteiger partial charge >= 0.3 is 0 Å². The van der Waals surface area contributed by atoms with Crippen molar-refractivity contribution in [1.29, 1.82) is 0 Å². The van der Waals surface area contributed by atoms with E-state index in [0.29, 0.717) is 40.2 Å². The predicted molar refractivity (Wildman–Crippen MR) is 119 cm³/mol. The molecule has 1 aliphatic heterocycles. The van der Waals surface area contributed by atoms with Crippen LogP contribution in [0.2, 0.25) is 5.02 Å². The number of aliphatic hydroxyl groups is 2. The largest absolute Gasteiger partial charge is 0.393 e. The molecule has 1 saturated heterocycles. The highest BCUT2D eigenvalue weighted by Gasteiger charge is 2.33. The Labute approximate surface area is 182 Å². The second kappa shape index (κ2) is 8.69. The minimum absolute atomic E-state index is 0.227. The highest BCUT2D eigenvalue weighted by atomic mass is 35.5. The zero-order chi connectivity index (χ0) is 21.3. The number of halogens is 1. The normalized spacial score (nSPS) is 25.5. The van der Waals surface area contributed by atoms with E-state index in [1.54, 1.807) is 6.07 Å². The van der Waals surface area contributed by atoms with Gasteiger partial charge in [0.1, 0.15) is 5.82 Å². The molecule has 1 aliphatic carbocycles. The molecule has 1 aromatic heterocycles. The maximum Gasteiger partial charge on any atom is 0.253 e. The van der Waals surface area contributed by atoms with Gasteiger partial charge in [0.05, 0.1) is 27.8 Å². The van der Waals surface area contributed by atoms with Gasteiger partial charge in [-0.15, -0.1) is 0 Å². The number of carbonyl (C=O) groups excluding carboxylic acids is 1. The number of pyridine rings is 1. The molecular formula is C23H30ClN3O3. The van der Waals surface area contributed by atoms with Crippen LogP contribution in [0.1, 0.15) is 55.8 Å². The van der Waals surface area contributed by atoms with Crippen LogP contribution in [-0.2, 0) is 0 Å². The molecule has 7 heteroatoms. The number of hydrogen-bond acceptors (Lipinski definition) is 5. The zero-order valence-electron chi connectivity index (χ0n) is 17.4. The van der Waals surface area contributed by atoms with Crippen LogP contribution in [0, 0.1) is 5.92 Å². The van der Waals surface area contributed by atoms with Crippen molar-refractivity contribution in [3.8, 4) is 0 Å². The van der Waals surface area contributed by atoms with Crippen molar-refractivity contribution < 1.29 is 15.0 Å². The minimum Gasteiger partial charge on any atom is -0.393 e. The third kappa shape index (κ3) is 4.56. The fourth-order valence-electron chi connectivity index (χ4n) is 4.79. The van der Waals surface area contributed by atoms with E-state index in [9.17, 15) is 15.0 Å². The summed E-state index contributed by atoms with van der Waals surface area (Å²) >= 11 is 6.39. The fraction of sp³-hybridized carbons (Fsp3) is 0.565. The van der Waals surface area contributed by atoms with Crippen molar-refractivity contribution in [2.75, 3.05) is 24.5 Å². The molecule has 1 aromatic carbocycles. The van der Waals surface area contributed by atoms with Gasteiger partial charge in [-0.3, -0.25) is 4.79 Å². The molecule has 2 fully saturated rings. The molecular weight excluding hydrogens is 402 g/mol. The van der Waals surface area contributed by atoms with E-state index in [1.165, 1.54) is 0 Å². The molecule has 30 heavy (non-hydrogen) atoms. The molecule has 2 heterocycles. The van der Waals surface area contributed by atoms with Crippen LogP contribution in [0.3, 0.4) is 0 Å². The number of amides is 1. The van der Waals surface area contributed by atoms with Crippen LogP contribution in [0.5, 0.6) is 0 Å². The molecule has 1 saturated carbocycles. The number of aliphatic hydroxyl groups excluding tert-OH is 1. The summed E-state index contributed by atoms with van der Waals surface area (Å²) < 4.78 is 0. The maximum absolute atomic E-state index is 13.0. The van der Waals surface area contributed by atoms with E-state index < -0.39 is 5.60 Å². The van der Waals surface area contributed by atoms with E-state index in [-0.39, 0.29) is 18.6 Å². The van der Waals surface area contributed by atoms with Crippen molar-refractivity contribution >= 4 is 34.2 Å². The van der Waals surface area contributed by atoms with E-state index in [2.05, 4.69) is 17.1 Å². The lowest BCUT2D eigenvalue weighted by atomic mass is 9.79. The first-order valence-corrected chi connectivity index (χ1v) is 11.3. The molecule has 0 radical (unpaired) electrons. The number of nitrogens with one attached hydrogen (secondary N) is 1. The van der Waals surface area contributed by atoms with Crippen LogP contribution in [0.15, 0.2) is 24.3 Å². The number of nitrogens with zero attached hydrogens (tertiary/aromatic N) is 2. The number of carbonyl (C=O) groups is 1. The minimum atomic E-state index is -0.853. The summed E-state index contributed by atoms with van der Waals surface area (Å²) in [6.45, 7) is 3.89. The second-order valence-electron chi connectivity index (χ2n) is 8.99. The number of rotatable bonds is 4. The SMILES string of the molecule is C[C@H]1CCC[C@](O)(CNC(=O)c2c(Cl)ccc3nc(N4CCC(O)CC4)ccc23)C1. The predicted octanol–water partition coefficient (Wildman–Crippen LogP) is 3.52. The Bertz CT molecular complexity index is 929. The smallest absolute Gasteiger partial charge is 0.253 e. The molecule has 3 N–H and O–H groups in total. The van der Waals surface area contributed by atoms with Gasteiger partial charge in [0.2, 0.25) is 0 Å². The summed E-state index contributed by atoms with van der Waals surface area (Å²) in [6, 6.07) is 7.32. The van der Waals surface area contributed by atoms with Gasteiger partial charge in [-0.05, 0) is 55.9 Å². The molecule has 162 valence electrons. The summed E-state index contributed by atoms with van der Waals surface area (Å²) in [6.07, 6.45) is 4.73. The molecule has 2 aliphatic rings. The topological polar surface area (TPSA) is 85.7 Å². The summed E-state index contributed by atoms with van der Waals surface area (Å²) in [7, 11) is 0. The molecule has 2 atom stereocenters. The standard InChI is InChI=1S/C23H30ClN3O3/c1-15-3-2-10-23(30,13-15)14-25-22(29)21-17-4-7-20(26-19(17)6-5-18(21)24)27-11-8-16(28)9-12-27/h4-7,15-16,28,30H,2-3,8-14H2,1H3,(H,25,29)/t15-,23+/m0/s1. The van der Waals surface area contributed by atoms with Crippen LogP contribution in [0.25, 0.3) is 10.9 Å². The Hall–Kier alpha value is -1.89. The van der Waals surface area contributed by atoms with Crippen LogP contribution < -0.4 is 10.2 Å². The average molecular weight is 432 g/mol. The Morgan fingerprint density at radius 3 is 2.77 bits per heavy atom. The summed E-state index contributed by atoms with van der Waals surface area (Å²) in [4.78, 5) is 19.9. The summed E-state index contributed by atoms with van der Waals surface area (Å²) in [5, 5.41) is 24.5. The van der Waals surface area contributed by atoms with Gasteiger partial charge in [-0.1, -0.05) is 31.4 Å². The van der Waals surface area contributed by atoms with E-state index in [4.69, 9.17) is 16.6 Å². The molecule has 0 bridgehead atoms. The molecule has 4 rings (SSSR count). The second-order valence-corrected chi connectivity index (χ2v) is 9.39. The number of anilines is 1. The fourth-order valence-corrected chi connectivity index (χ4v) is 5.05. The summed E-state index contributed by atoms with van der Waals surface area (Å²) in [5.41, 5.74) is 0.252. The highest BCUT2D eigenvalue weighted by molar-refractivity contribution is 6.35. The Balaban J connectivity index is 1.54. The Kier molecular flexibility index (Phi) is 6.19. The first-order valence-electron chi connectivity index (χ1n) is 10.9. The lowest BCUT2D eigenvalue weighted by Crippen LogP contribution is -2.45. The van der Waals surface area contributed by atoms with Crippen molar-refractivity contribution in [2.24, 2.45) is 5.92 Å². The third-order valence-electron chi connectivity index (χ3n) is 6.47. The van der Waals surface area contributed by atoms with E-state index >= 15 is 0 Å². The zero-order valence-corrected chi connectivity index (χ0v) is 18.2. The van der Waals surface area contributed by atoms with Gasteiger partial charge in [-0.2, -0.15) is 0 Å². The van der Waals surface area contributed by atoms with Crippen LogP contribution in [0.4, 0.5) is 5.82 Å². The number of fused-ring (bicyclic) bond motifs is 1. The number of aromatic nitrogens is 1. The van der Waals surface area contributed by atoms with Gasteiger partial charge in [-0.25, -0.2) is 4.98 Å². The quantitative estimate of drug-likeness (QED) is 0.689. The lowest BCUT2D eigenvalue weighted by molar-refractivity contribution is -0.0109. The van der Waals surface area contributed by atoms with Gasteiger partial charge in [0.15, 0.2) is 0 Å². The first kappa shape index (κ1) is 21.3. The lowest BCUT2D eigenvalue weighted by Gasteiger charge is -2.35. The molecule has 0 spiro atoms. The molecule has 2 aromatic rings. The average Bonchev–Trinajstić information content (AvgIpc) is 2.72. The summed E-state index contributed by atoms with van der Waals surface area (Å²) in [5.74, 6) is 1.02. The third-order valence-corrected chi connectivity index (χ3v) is 6.78. The Morgan fingerprint density at radius 1 is 1.27 bits per heavy atom. The monoisotopic (exact) mass is 431 g/mol. The van der Waals surface area contributed by atoms with Crippen LogP contribution in [-0.4, -0.2) is 52.4 Å². The van der Waals surface area contributed by atoms with E-state index in [0.717, 1.165) is 44.6 Å².